The third-order valence-electron chi connectivity index (χ3n) is 10.5. The third-order valence-corrected chi connectivity index (χ3v) is 16.7. The van der Waals surface area contributed by atoms with Gasteiger partial charge < -0.3 is 33.4 Å². The molecule has 11 nitrogen and oxygen atoms in total. The molecular weight excluding hydrogens is 847 g/mol. The van der Waals surface area contributed by atoms with Crippen molar-refractivity contribution in [3.63, 3.8) is 0 Å². The summed E-state index contributed by atoms with van der Waals surface area (Å²) in [5, 5.41) is 4.40. The first kappa shape index (κ1) is 47.7. The van der Waals surface area contributed by atoms with Crippen LogP contribution >= 0.6 is 11.8 Å². The summed E-state index contributed by atoms with van der Waals surface area (Å²) >= 11 is 1.32. The molecule has 1 fully saturated rings. The van der Waals surface area contributed by atoms with Crippen molar-refractivity contribution in [2.75, 3.05) is 18.9 Å². The number of benzene rings is 5. The Hall–Kier alpha value is -5.73. The highest BCUT2D eigenvalue weighted by Gasteiger charge is 2.55. The van der Waals surface area contributed by atoms with E-state index in [2.05, 4.69) is 50.4 Å². The van der Waals surface area contributed by atoms with Gasteiger partial charge in [-0.1, -0.05) is 136 Å². The van der Waals surface area contributed by atoms with Crippen LogP contribution in [0.4, 0.5) is 4.79 Å². The Kier molecular flexibility index (Phi) is 16.2. The minimum atomic E-state index is -3.22. The molecule has 1 heterocycles. The topological polar surface area (TPSA) is 136 Å². The first-order valence-corrected chi connectivity index (χ1v) is 24.4. The van der Waals surface area contributed by atoms with Crippen molar-refractivity contribution >= 4 is 54.5 Å². The number of nitrogens with one attached hydrogen (secondary N) is 1. The summed E-state index contributed by atoms with van der Waals surface area (Å²) < 4.78 is 38.9. The molecular formula is C51H57NO10SSi. The molecule has 1 aliphatic rings. The van der Waals surface area contributed by atoms with Gasteiger partial charge in [0.05, 0.1) is 23.3 Å². The smallest absolute Gasteiger partial charge is 0.407 e. The number of esters is 3. The van der Waals surface area contributed by atoms with Gasteiger partial charge in [0.25, 0.3) is 8.32 Å². The summed E-state index contributed by atoms with van der Waals surface area (Å²) in [6, 6.07) is 45.6. The molecule has 64 heavy (non-hydrogen) atoms. The van der Waals surface area contributed by atoms with E-state index in [1.165, 1.54) is 11.8 Å². The van der Waals surface area contributed by atoms with Crippen LogP contribution in [0.3, 0.4) is 0 Å². The van der Waals surface area contributed by atoms with Crippen molar-refractivity contribution in [3.8, 4) is 0 Å². The van der Waals surface area contributed by atoms with E-state index in [4.69, 9.17) is 28.1 Å². The SMILES string of the molecule is CC(C)(C)OC(=O)NCCCS[C@@H]1O[C@H](CO[Si](c2ccccc2)(c2ccccc2)C(C)(C)C)[C@@H](OC(=O)c2ccccc2)[C@H](OC(=O)c2ccccc2)[C@@H]1OC(=O)c1ccccc1. The molecule has 1 N–H and O–H groups in total. The zero-order valence-electron chi connectivity index (χ0n) is 37.1. The van der Waals surface area contributed by atoms with Crippen molar-refractivity contribution in [1.82, 2.24) is 5.32 Å². The number of thioether (sulfide) groups is 1. The van der Waals surface area contributed by atoms with Gasteiger partial charge in [-0.3, -0.25) is 0 Å². The number of hydrogen-bond donors (Lipinski definition) is 1. The molecule has 0 aromatic heterocycles. The van der Waals surface area contributed by atoms with Crippen LogP contribution in [0.15, 0.2) is 152 Å². The van der Waals surface area contributed by atoms with Crippen LogP contribution < -0.4 is 15.7 Å². The number of rotatable bonds is 16. The Morgan fingerprint density at radius 2 is 0.984 bits per heavy atom. The molecule has 0 aliphatic carbocycles. The second kappa shape index (κ2) is 21.8. The van der Waals surface area contributed by atoms with Crippen LogP contribution in [-0.4, -0.2) is 86.7 Å². The van der Waals surface area contributed by atoms with Gasteiger partial charge >= 0.3 is 24.0 Å². The number of carbonyl (C=O) groups excluding carboxylic acids is 4. The molecule has 5 atom stereocenters. The minimum absolute atomic E-state index is 0.101. The summed E-state index contributed by atoms with van der Waals surface area (Å²) in [5.74, 6) is -1.69. The summed E-state index contributed by atoms with van der Waals surface area (Å²) in [4.78, 5) is 54.8. The fraction of sp³-hybridized carbons (Fsp3) is 0.333. The van der Waals surface area contributed by atoms with Crippen LogP contribution in [0.25, 0.3) is 0 Å². The highest BCUT2D eigenvalue weighted by molar-refractivity contribution is 7.99. The average molecular weight is 904 g/mol. The average Bonchev–Trinajstić information content (AvgIpc) is 3.28. The summed E-state index contributed by atoms with van der Waals surface area (Å²) in [5.41, 5.74) is -0.872. The molecule has 13 heteroatoms. The molecule has 0 spiro atoms. The van der Waals surface area contributed by atoms with Crippen molar-refractivity contribution in [2.45, 2.75) is 88.5 Å². The Morgan fingerprint density at radius 3 is 1.41 bits per heavy atom. The number of ether oxygens (including phenoxy) is 5. The molecule has 6 rings (SSSR count). The molecule has 336 valence electrons. The number of amides is 1. The highest BCUT2D eigenvalue weighted by atomic mass is 32.2. The maximum atomic E-state index is 14.2. The normalized spacial score (nSPS) is 18.9. The molecule has 5 aromatic carbocycles. The monoisotopic (exact) mass is 903 g/mol. The fourth-order valence-corrected chi connectivity index (χ4v) is 13.3. The molecule has 0 saturated carbocycles. The molecule has 1 amide bonds. The van der Waals surface area contributed by atoms with E-state index in [-0.39, 0.29) is 29.8 Å². The number of hydrogen-bond acceptors (Lipinski definition) is 11. The lowest BCUT2D eigenvalue weighted by Crippen LogP contribution is -2.68. The summed E-state index contributed by atoms with van der Waals surface area (Å²) in [6.07, 6.45) is -5.12. The van der Waals surface area contributed by atoms with Crippen molar-refractivity contribution < 1.29 is 47.3 Å². The molecule has 5 aromatic rings. The Balaban J connectivity index is 1.44. The van der Waals surface area contributed by atoms with Crippen molar-refractivity contribution in [2.24, 2.45) is 0 Å². The van der Waals surface area contributed by atoms with E-state index in [9.17, 15) is 19.2 Å². The fourth-order valence-electron chi connectivity index (χ4n) is 7.59. The third kappa shape index (κ3) is 12.3. The lowest BCUT2D eigenvalue weighted by Gasteiger charge is -2.47. The molecule has 1 aliphatic heterocycles. The van der Waals surface area contributed by atoms with Gasteiger partial charge in [-0.25, -0.2) is 19.2 Å². The molecule has 0 unspecified atom stereocenters. The van der Waals surface area contributed by atoms with Crippen molar-refractivity contribution in [1.29, 1.82) is 0 Å². The van der Waals surface area contributed by atoms with Crippen LogP contribution in [0, 0.1) is 0 Å². The van der Waals surface area contributed by atoms with E-state index in [1.54, 1.807) is 112 Å². The van der Waals surface area contributed by atoms with Crippen LogP contribution in [0.5, 0.6) is 0 Å². The zero-order valence-corrected chi connectivity index (χ0v) is 39.0. The van der Waals surface area contributed by atoms with Gasteiger partial charge in [0.15, 0.2) is 18.3 Å². The van der Waals surface area contributed by atoms with E-state index >= 15 is 0 Å². The van der Waals surface area contributed by atoms with E-state index in [1.807, 2.05) is 36.4 Å². The molecule has 0 bridgehead atoms. The van der Waals surface area contributed by atoms with Gasteiger partial charge in [0.2, 0.25) is 0 Å². The maximum absolute atomic E-state index is 14.2. The second-order valence-electron chi connectivity index (χ2n) is 17.4. The lowest BCUT2D eigenvalue weighted by atomic mass is 9.98. The predicted octanol–water partition coefficient (Wildman–Crippen LogP) is 8.61. The van der Waals surface area contributed by atoms with Crippen molar-refractivity contribution in [3.05, 3.63) is 168 Å². The number of carbonyl (C=O) groups is 4. The lowest BCUT2D eigenvalue weighted by molar-refractivity contribution is -0.206. The van der Waals surface area contributed by atoms with E-state index in [0.717, 1.165) is 10.4 Å². The largest absolute Gasteiger partial charge is 0.452 e. The first-order valence-electron chi connectivity index (χ1n) is 21.4. The second-order valence-corrected chi connectivity index (χ2v) is 22.9. The Labute approximate surface area is 381 Å². The summed E-state index contributed by atoms with van der Waals surface area (Å²) in [6.45, 7) is 12.0. The van der Waals surface area contributed by atoms with Crippen LogP contribution in [-0.2, 0) is 28.1 Å². The maximum Gasteiger partial charge on any atom is 0.407 e. The number of alkyl carbamates (subject to hydrolysis) is 1. The van der Waals surface area contributed by atoms with E-state index < -0.39 is 72.8 Å². The van der Waals surface area contributed by atoms with Gasteiger partial charge in [-0.15, -0.1) is 11.8 Å². The zero-order chi connectivity index (χ0) is 45.7. The molecule has 1 saturated heterocycles. The first-order chi connectivity index (χ1) is 30.7. The Bertz CT molecular complexity index is 2230. The predicted molar refractivity (Wildman–Crippen MR) is 250 cm³/mol. The highest BCUT2D eigenvalue weighted by Crippen LogP contribution is 2.40. The van der Waals surface area contributed by atoms with Gasteiger partial charge in [-0.05, 0) is 84.8 Å². The van der Waals surface area contributed by atoms with E-state index in [0.29, 0.717) is 12.2 Å². The van der Waals surface area contributed by atoms with Gasteiger partial charge in [0, 0.05) is 6.54 Å². The minimum Gasteiger partial charge on any atom is -0.452 e. The standard InChI is InChI=1S/C51H57NO10SSi/c1-50(2,3)62-49(56)52-33-22-34-63-48-44(61-47(55)38-27-16-9-17-28-38)43(60-46(54)37-25-14-8-15-26-37)42(59-45(53)36-23-12-7-13-24-36)41(58-48)35-57-64(51(4,5)6,39-29-18-10-19-30-39)40-31-20-11-21-32-40/h7-21,23-32,41-44,48H,22,33-35H2,1-6H3,(H,52,56)/t41-,42-,43+,44+,48+/m1/s1. The summed E-state index contributed by atoms with van der Waals surface area (Å²) in [7, 11) is -3.22. The van der Waals surface area contributed by atoms with Gasteiger partial charge in [0.1, 0.15) is 17.1 Å². The van der Waals surface area contributed by atoms with Crippen LogP contribution in [0.2, 0.25) is 5.04 Å². The quantitative estimate of drug-likeness (QED) is 0.0442. The molecule has 0 radical (unpaired) electrons. The van der Waals surface area contributed by atoms with Crippen LogP contribution in [0.1, 0.15) is 79.0 Å². The van der Waals surface area contributed by atoms with Gasteiger partial charge in [-0.2, -0.15) is 0 Å². The Morgan fingerprint density at radius 1 is 0.578 bits per heavy atom.